The first-order valence-electron chi connectivity index (χ1n) is 7.95. The van der Waals surface area contributed by atoms with Gasteiger partial charge in [-0.3, -0.25) is 4.79 Å². The lowest BCUT2D eigenvalue weighted by Gasteiger charge is -2.09. The Balaban J connectivity index is 1.95. The molecule has 1 aliphatic rings. The summed E-state index contributed by atoms with van der Waals surface area (Å²) in [6.07, 6.45) is 1.68. The van der Waals surface area contributed by atoms with Crippen LogP contribution >= 0.6 is 0 Å². The van der Waals surface area contributed by atoms with E-state index in [-0.39, 0.29) is 18.1 Å². The SMILES string of the molecule is CCOc1ccccc1/C=C1\Oc2c(ccc(OCC#N)c2C)C1=O. The lowest BCUT2D eigenvalue weighted by molar-refractivity contribution is 0.101. The normalized spacial score (nSPS) is 14.0. The van der Waals surface area contributed by atoms with E-state index in [1.807, 2.05) is 37.3 Å². The second kappa shape index (κ2) is 7.10. The van der Waals surface area contributed by atoms with Crippen LogP contribution in [0.1, 0.15) is 28.4 Å². The lowest BCUT2D eigenvalue weighted by Crippen LogP contribution is -1.99. The van der Waals surface area contributed by atoms with E-state index in [0.29, 0.717) is 35.0 Å². The molecular formula is C20H17NO4. The van der Waals surface area contributed by atoms with Crippen LogP contribution in [0.5, 0.6) is 17.2 Å². The molecule has 0 radical (unpaired) electrons. The number of ketones is 1. The van der Waals surface area contributed by atoms with Crippen LogP contribution in [-0.4, -0.2) is 19.0 Å². The number of hydrogen-bond donors (Lipinski definition) is 0. The number of rotatable bonds is 5. The minimum atomic E-state index is -0.184. The van der Waals surface area contributed by atoms with Crippen molar-refractivity contribution >= 4 is 11.9 Å². The van der Waals surface area contributed by atoms with E-state index >= 15 is 0 Å². The Morgan fingerprint density at radius 3 is 2.72 bits per heavy atom. The second-order valence-electron chi connectivity index (χ2n) is 5.42. The predicted octanol–water partition coefficient (Wildman–Crippen LogP) is 3.91. The summed E-state index contributed by atoms with van der Waals surface area (Å²) in [4.78, 5) is 12.6. The minimum Gasteiger partial charge on any atom is -0.493 e. The molecule has 0 N–H and O–H groups in total. The smallest absolute Gasteiger partial charge is 0.231 e. The molecule has 5 nitrogen and oxygen atoms in total. The molecule has 0 bridgehead atoms. The molecule has 0 saturated carbocycles. The fourth-order valence-corrected chi connectivity index (χ4v) is 2.66. The fourth-order valence-electron chi connectivity index (χ4n) is 2.66. The Labute approximate surface area is 146 Å². The average molecular weight is 335 g/mol. The van der Waals surface area contributed by atoms with E-state index < -0.39 is 0 Å². The molecule has 1 aliphatic heterocycles. The molecule has 3 rings (SSSR count). The van der Waals surface area contributed by atoms with Crippen molar-refractivity contribution in [2.75, 3.05) is 13.2 Å². The van der Waals surface area contributed by atoms with Gasteiger partial charge in [-0.15, -0.1) is 0 Å². The number of hydrogen-bond acceptors (Lipinski definition) is 5. The summed E-state index contributed by atoms with van der Waals surface area (Å²) in [7, 11) is 0. The third-order valence-corrected chi connectivity index (χ3v) is 3.83. The predicted molar refractivity (Wildman–Crippen MR) is 92.8 cm³/mol. The van der Waals surface area contributed by atoms with Gasteiger partial charge >= 0.3 is 0 Å². The van der Waals surface area contributed by atoms with E-state index in [1.165, 1.54) is 0 Å². The molecule has 0 aromatic heterocycles. The molecule has 0 unspecified atom stereocenters. The second-order valence-corrected chi connectivity index (χ2v) is 5.42. The summed E-state index contributed by atoms with van der Waals surface area (Å²) in [5.41, 5.74) is 1.96. The highest BCUT2D eigenvalue weighted by Gasteiger charge is 2.30. The zero-order valence-electron chi connectivity index (χ0n) is 14.0. The molecule has 1 heterocycles. The van der Waals surface area contributed by atoms with E-state index in [4.69, 9.17) is 19.5 Å². The molecule has 5 heteroatoms. The first kappa shape index (κ1) is 16.6. The van der Waals surface area contributed by atoms with Crippen LogP contribution in [0.2, 0.25) is 0 Å². The molecule has 126 valence electrons. The number of allylic oxidation sites excluding steroid dienone is 1. The van der Waals surface area contributed by atoms with Crippen molar-refractivity contribution in [1.82, 2.24) is 0 Å². The summed E-state index contributed by atoms with van der Waals surface area (Å²) in [5, 5.41) is 8.65. The van der Waals surface area contributed by atoms with Gasteiger partial charge in [-0.05, 0) is 38.1 Å². The third kappa shape index (κ3) is 3.20. The molecule has 0 spiro atoms. The number of benzene rings is 2. The van der Waals surface area contributed by atoms with Crippen molar-refractivity contribution in [3.63, 3.8) is 0 Å². The first-order valence-corrected chi connectivity index (χ1v) is 7.95. The molecule has 0 aliphatic carbocycles. The number of fused-ring (bicyclic) bond motifs is 1. The van der Waals surface area contributed by atoms with Crippen LogP contribution in [0.15, 0.2) is 42.2 Å². The number of nitriles is 1. The Kier molecular flexibility index (Phi) is 4.71. The zero-order chi connectivity index (χ0) is 17.8. The summed E-state index contributed by atoms with van der Waals surface area (Å²) in [6.45, 7) is 4.19. The Morgan fingerprint density at radius 2 is 1.96 bits per heavy atom. The third-order valence-electron chi connectivity index (χ3n) is 3.83. The largest absolute Gasteiger partial charge is 0.493 e. The molecule has 2 aromatic carbocycles. The summed E-state index contributed by atoms with van der Waals surface area (Å²) in [5.74, 6) is 1.75. The van der Waals surface area contributed by atoms with Gasteiger partial charge in [0.1, 0.15) is 23.3 Å². The van der Waals surface area contributed by atoms with Gasteiger partial charge in [-0.1, -0.05) is 18.2 Å². The van der Waals surface area contributed by atoms with Crippen molar-refractivity contribution in [2.45, 2.75) is 13.8 Å². The van der Waals surface area contributed by atoms with Crippen LogP contribution in [0.4, 0.5) is 0 Å². The van der Waals surface area contributed by atoms with Gasteiger partial charge in [0.2, 0.25) is 5.78 Å². The van der Waals surface area contributed by atoms with E-state index in [1.54, 1.807) is 25.1 Å². The quantitative estimate of drug-likeness (QED) is 0.775. The van der Waals surface area contributed by atoms with Crippen LogP contribution in [-0.2, 0) is 0 Å². The Bertz CT molecular complexity index is 893. The summed E-state index contributed by atoms with van der Waals surface area (Å²) < 4.78 is 16.7. The first-order chi connectivity index (χ1) is 12.2. The maximum atomic E-state index is 12.6. The molecule has 0 amide bonds. The summed E-state index contributed by atoms with van der Waals surface area (Å²) >= 11 is 0. The Morgan fingerprint density at radius 1 is 1.16 bits per heavy atom. The maximum Gasteiger partial charge on any atom is 0.231 e. The number of carbonyl (C=O) groups is 1. The lowest BCUT2D eigenvalue weighted by atomic mass is 10.1. The summed E-state index contributed by atoms with van der Waals surface area (Å²) in [6, 6.07) is 12.7. The van der Waals surface area contributed by atoms with Crippen molar-refractivity contribution < 1.29 is 19.0 Å². The number of para-hydroxylation sites is 1. The van der Waals surface area contributed by atoms with Crippen molar-refractivity contribution in [2.24, 2.45) is 0 Å². The highest BCUT2D eigenvalue weighted by molar-refractivity contribution is 6.15. The monoisotopic (exact) mass is 335 g/mol. The van der Waals surface area contributed by atoms with Crippen molar-refractivity contribution in [3.8, 4) is 23.3 Å². The molecule has 2 aromatic rings. The standard InChI is InChI=1S/C20H17NO4/c1-3-23-17-7-5-4-6-14(17)12-18-19(22)15-8-9-16(24-11-10-21)13(2)20(15)25-18/h4-9,12H,3,11H2,1-2H3/b18-12-. The van der Waals surface area contributed by atoms with Crippen LogP contribution < -0.4 is 14.2 Å². The number of ether oxygens (including phenoxy) is 3. The van der Waals surface area contributed by atoms with Crippen LogP contribution in [0, 0.1) is 18.3 Å². The van der Waals surface area contributed by atoms with Crippen LogP contribution in [0.3, 0.4) is 0 Å². The fraction of sp³-hybridized carbons (Fsp3) is 0.200. The van der Waals surface area contributed by atoms with Gasteiger partial charge in [-0.25, -0.2) is 0 Å². The zero-order valence-corrected chi connectivity index (χ0v) is 14.0. The molecule has 25 heavy (non-hydrogen) atoms. The highest BCUT2D eigenvalue weighted by Crippen LogP contribution is 2.39. The average Bonchev–Trinajstić information content (AvgIpc) is 2.93. The minimum absolute atomic E-state index is 0.0575. The highest BCUT2D eigenvalue weighted by atomic mass is 16.5. The maximum absolute atomic E-state index is 12.6. The van der Waals surface area contributed by atoms with E-state index in [2.05, 4.69) is 0 Å². The number of carbonyl (C=O) groups excluding carboxylic acids is 1. The van der Waals surface area contributed by atoms with Gasteiger partial charge in [0.25, 0.3) is 0 Å². The number of nitrogens with zero attached hydrogens (tertiary/aromatic N) is 1. The van der Waals surface area contributed by atoms with E-state index in [9.17, 15) is 4.79 Å². The number of Topliss-reactive ketones (excluding diaryl/α,β-unsaturated/α-hetero) is 1. The van der Waals surface area contributed by atoms with Gasteiger partial charge < -0.3 is 14.2 Å². The van der Waals surface area contributed by atoms with E-state index in [0.717, 1.165) is 5.56 Å². The Hall–Kier alpha value is -3.26. The van der Waals surface area contributed by atoms with Gasteiger partial charge in [-0.2, -0.15) is 5.26 Å². The van der Waals surface area contributed by atoms with Gasteiger partial charge in [0.15, 0.2) is 12.4 Å². The topological polar surface area (TPSA) is 68.6 Å². The van der Waals surface area contributed by atoms with Crippen molar-refractivity contribution in [1.29, 1.82) is 5.26 Å². The molecular weight excluding hydrogens is 318 g/mol. The van der Waals surface area contributed by atoms with Gasteiger partial charge in [0.05, 0.1) is 12.2 Å². The molecule has 0 fully saturated rings. The molecule has 0 atom stereocenters. The van der Waals surface area contributed by atoms with Crippen LogP contribution in [0.25, 0.3) is 6.08 Å². The van der Waals surface area contributed by atoms with Gasteiger partial charge in [0, 0.05) is 11.1 Å². The van der Waals surface area contributed by atoms with Crippen molar-refractivity contribution in [3.05, 3.63) is 58.8 Å². The molecule has 0 saturated heterocycles.